The lowest BCUT2D eigenvalue weighted by molar-refractivity contribution is -0.111. The van der Waals surface area contributed by atoms with Crippen molar-refractivity contribution in [3.05, 3.63) is 59.7 Å². The van der Waals surface area contributed by atoms with E-state index in [1.165, 1.54) is 63.4 Å². The first-order valence-corrected chi connectivity index (χ1v) is 16.6. The molecule has 2 aliphatic heterocycles. The molecule has 2 aliphatic carbocycles. The zero-order chi connectivity index (χ0) is 30.1. The monoisotopic (exact) mass is 618 g/mol. The van der Waals surface area contributed by atoms with Crippen LogP contribution < -0.4 is 15.4 Å². The molecule has 2 bridgehead atoms. The Kier molecular flexibility index (Phi) is 8.47. The van der Waals surface area contributed by atoms with E-state index in [9.17, 15) is 9.18 Å². The smallest absolute Gasteiger partial charge is 0.248 e. The highest BCUT2D eigenvalue weighted by Gasteiger charge is 2.44. The number of nitrogens with one attached hydrogen (secondary N) is 2. The Balaban J connectivity index is 1.09. The Labute approximate surface area is 263 Å². The minimum Gasteiger partial charge on any atom is -0.491 e. The van der Waals surface area contributed by atoms with Gasteiger partial charge in [-0.15, -0.1) is 0 Å². The summed E-state index contributed by atoms with van der Waals surface area (Å²) in [5.74, 6) is 1.50. The van der Waals surface area contributed by atoms with Crippen LogP contribution in [0.2, 0.25) is 5.02 Å². The number of amides is 1. The van der Waals surface area contributed by atoms with Gasteiger partial charge in [-0.1, -0.05) is 36.9 Å². The normalized spacial score (nSPS) is 24.5. The number of carbonyl (C=O) groups is 1. The van der Waals surface area contributed by atoms with Crippen molar-refractivity contribution in [2.24, 2.45) is 17.3 Å². The number of hydrogen-bond donors (Lipinski definition) is 2. The van der Waals surface area contributed by atoms with E-state index >= 15 is 0 Å². The lowest BCUT2D eigenvalue weighted by atomic mass is 9.56. The molecule has 7 nitrogen and oxygen atoms in total. The molecule has 232 valence electrons. The number of allylic oxidation sites excluding steroid dienone is 1. The Morgan fingerprint density at radius 2 is 1.86 bits per heavy atom. The van der Waals surface area contributed by atoms with Gasteiger partial charge >= 0.3 is 0 Å². The van der Waals surface area contributed by atoms with Crippen LogP contribution in [0.1, 0.15) is 77.0 Å². The fourth-order valence-corrected chi connectivity index (χ4v) is 8.19. The van der Waals surface area contributed by atoms with Gasteiger partial charge in [0.1, 0.15) is 23.7 Å². The predicted octanol–water partition coefficient (Wildman–Crippen LogP) is 8.75. The number of aromatic nitrogens is 2. The number of benzene rings is 2. The summed E-state index contributed by atoms with van der Waals surface area (Å²) in [5.41, 5.74) is 2.36. The number of carbonyl (C=O) groups excluding carboxylic acids is 1. The zero-order valence-corrected chi connectivity index (χ0v) is 25.8. The molecule has 2 aromatic carbocycles. The summed E-state index contributed by atoms with van der Waals surface area (Å²) in [6.45, 7) is 0.613. The molecule has 1 aromatic heterocycles. The quantitative estimate of drug-likeness (QED) is 0.233. The van der Waals surface area contributed by atoms with Crippen LogP contribution in [0.15, 0.2) is 48.8 Å². The molecule has 3 heterocycles. The molecule has 4 fully saturated rings. The van der Waals surface area contributed by atoms with Gasteiger partial charge in [0, 0.05) is 17.1 Å². The van der Waals surface area contributed by atoms with E-state index in [1.54, 1.807) is 12.1 Å². The second-order valence-electron chi connectivity index (χ2n) is 13.4. The molecule has 3 aromatic rings. The number of nitrogens with zero attached hydrogens (tertiary/aromatic N) is 2. The van der Waals surface area contributed by atoms with Crippen LogP contribution in [0, 0.1) is 23.1 Å². The van der Waals surface area contributed by atoms with E-state index < -0.39 is 5.82 Å². The summed E-state index contributed by atoms with van der Waals surface area (Å²) in [6.07, 6.45) is 20.4. The number of ether oxygens (including phenoxy) is 2. The maximum atomic E-state index is 13.8. The van der Waals surface area contributed by atoms with Gasteiger partial charge in [-0.05, 0) is 105 Å². The van der Waals surface area contributed by atoms with Crippen LogP contribution in [-0.4, -0.2) is 34.7 Å². The summed E-state index contributed by atoms with van der Waals surface area (Å²) in [6, 6.07) is 8.13. The average molecular weight is 619 g/mol. The number of anilines is 3. The molecule has 1 amide bonds. The van der Waals surface area contributed by atoms with E-state index in [1.807, 2.05) is 18.2 Å². The molecule has 1 spiro atoms. The lowest BCUT2D eigenvalue weighted by Crippen LogP contribution is -2.41. The Bertz CT molecular complexity index is 1540. The van der Waals surface area contributed by atoms with E-state index in [-0.39, 0.29) is 10.9 Å². The second-order valence-corrected chi connectivity index (χ2v) is 13.8. The van der Waals surface area contributed by atoms with E-state index in [4.69, 9.17) is 21.1 Å². The summed E-state index contributed by atoms with van der Waals surface area (Å²) in [5, 5.41) is 7.00. The highest BCUT2D eigenvalue weighted by atomic mass is 35.5. The number of halogens is 2. The molecule has 9 heteroatoms. The molecular formula is C35H40ClFN4O3. The van der Waals surface area contributed by atoms with Crippen LogP contribution in [0.25, 0.3) is 10.9 Å². The third-order valence-electron chi connectivity index (χ3n) is 10.1. The molecular weight excluding hydrogens is 579 g/mol. The van der Waals surface area contributed by atoms with Crippen LogP contribution in [-0.2, 0) is 9.53 Å². The third-order valence-corrected chi connectivity index (χ3v) is 10.4. The van der Waals surface area contributed by atoms with E-state index in [2.05, 4.69) is 20.6 Å². The van der Waals surface area contributed by atoms with Crippen LogP contribution in [0.5, 0.6) is 5.75 Å². The van der Waals surface area contributed by atoms with Crippen molar-refractivity contribution in [3.63, 3.8) is 0 Å². The van der Waals surface area contributed by atoms with Crippen molar-refractivity contribution in [3.8, 4) is 5.75 Å². The average Bonchev–Trinajstić information content (AvgIpc) is 3.35. The second kappa shape index (κ2) is 12.6. The van der Waals surface area contributed by atoms with E-state index in [0.717, 1.165) is 32.1 Å². The van der Waals surface area contributed by atoms with Crippen LogP contribution >= 0.6 is 11.6 Å². The van der Waals surface area contributed by atoms with Crippen molar-refractivity contribution in [1.29, 1.82) is 0 Å². The van der Waals surface area contributed by atoms with Gasteiger partial charge in [-0.3, -0.25) is 4.79 Å². The summed E-state index contributed by atoms with van der Waals surface area (Å²) in [7, 11) is 0. The van der Waals surface area contributed by atoms with Gasteiger partial charge in [0.2, 0.25) is 5.91 Å². The maximum Gasteiger partial charge on any atom is 0.248 e. The Hall–Kier alpha value is -3.23. The highest BCUT2D eigenvalue weighted by molar-refractivity contribution is 6.31. The number of hydrogen-bond acceptors (Lipinski definition) is 6. The van der Waals surface area contributed by atoms with E-state index in [0.29, 0.717) is 69.9 Å². The minimum atomic E-state index is -0.491. The van der Waals surface area contributed by atoms with Gasteiger partial charge in [-0.25, -0.2) is 14.4 Å². The predicted molar refractivity (Wildman–Crippen MR) is 171 cm³/mol. The van der Waals surface area contributed by atoms with Gasteiger partial charge < -0.3 is 20.1 Å². The molecule has 2 unspecified atom stereocenters. The minimum absolute atomic E-state index is 0.0168. The standard InChI is InChI=1S/C35H40ClFN4O3/c36-28-15-24(7-10-29(28)37)40-34-27-16-31(41-33(42)6-4-5-22-13-25-8-9-26(14-22)44-25)32(17-30(27)38-21-39-34)43-20-23-18-35(19-23)11-2-1-3-12-35/h4,6-7,10,15-17,21-23,25-26H,1-3,5,8-9,11-14,18-20H2,(H,41,42)(H,38,39,40)/b6-4+. The van der Waals surface area contributed by atoms with Crippen LogP contribution in [0.3, 0.4) is 0 Å². The molecule has 7 rings (SSSR count). The first-order chi connectivity index (χ1) is 21.4. The van der Waals surface area contributed by atoms with Crippen molar-refractivity contribution in [2.75, 3.05) is 17.2 Å². The lowest BCUT2D eigenvalue weighted by Gasteiger charge is -2.50. The molecule has 44 heavy (non-hydrogen) atoms. The maximum absolute atomic E-state index is 13.8. The van der Waals surface area contributed by atoms with Gasteiger partial charge in [-0.2, -0.15) is 0 Å². The van der Waals surface area contributed by atoms with Gasteiger partial charge in [0.05, 0.1) is 35.0 Å². The van der Waals surface area contributed by atoms with Crippen LogP contribution in [0.4, 0.5) is 21.6 Å². The molecule has 2 N–H and O–H groups in total. The molecule has 2 atom stereocenters. The topological polar surface area (TPSA) is 85.4 Å². The zero-order valence-electron chi connectivity index (χ0n) is 25.0. The molecule has 2 saturated carbocycles. The summed E-state index contributed by atoms with van der Waals surface area (Å²) < 4.78 is 26.1. The SMILES string of the molecule is O=C(/C=C/CC1CC2CCC(C1)O2)Nc1cc2c(Nc3ccc(F)c(Cl)c3)ncnc2cc1OCC1CC2(CCCCC2)C1. The first kappa shape index (κ1) is 29.5. The first-order valence-electron chi connectivity index (χ1n) is 16.2. The fourth-order valence-electron chi connectivity index (χ4n) is 8.01. The number of fused-ring (bicyclic) bond motifs is 3. The fraction of sp³-hybridized carbons (Fsp3) is 0.514. The van der Waals surface area contributed by atoms with Crippen molar-refractivity contribution in [2.45, 2.75) is 89.3 Å². The largest absolute Gasteiger partial charge is 0.491 e. The molecule has 2 saturated heterocycles. The van der Waals surface area contributed by atoms with Crippen molar-refractivity contribution < 1.29 is 18.7 Å². The highest BCUT2D eigenvalue weighted by Crippen LogP contribution is 2.55. The summed E-state index contributed by atoms with van der Waals surface area (Å²) in [4.78, 5) is 22.1. The Morgan fingerprint density at radius 3 is 2.64 bits per heavy atom. The number of rotatable bonds is 9. The Morgan fingerprint density at radius 1 is 1.07 bits per heavy atom. The molecule has 4 aliphatic rings. The van der Waals surface area contributed by atoms with Gasteiger partial charge in [0.15, 0.2) is 0 Å². The summed E-state index contributed by atoms with van der Waals surface area (Å²) >= 11 is 6.01. The van der Waals surface area contributed by atoms with Crippen molar-refractivity contribution in [1.82, 2.24) is 9.97 Å². The van der Waals surface area contributed by atoms with Gasteiger partial charge in [0.25, 0.3) is 0 Å². The van der Waals surface area contributed by atoms with Crippen molar-refractivity contribution >= 4 is 45.6 Å². The molecule has 0 radical (unpaired) electrons. The third kappa shape index (κ3) is 6.57.